The van der Waals surface area contributed by atoms with Crippen LogP contribution in [0.3, 0.4) is 0 Å². The van der Waals surface area contributed by atoms with E-state index in [1.54, 1.807) is 24.3 Å². The van der Waals surface area contributed by atoms with Gasteiger partial charge < -0.3 is 20.5 Å². The van der Waals surface area contributed by atoms with Gasteiger partial charge in [0.15, 0.2) is 0 Å². The fraction of sp³-hybridized carbons (Fsp3) is 0. The van der Waals surface area contributed by atoms with Crippen molar-refractivity contribution in [3.8, 4) is 17.1 Å². The molecule has 0 fully saturated rings. The Kier molecular flexibility index (Phi) is 4.91. The average Bonchev–Trinajstić information content (AvgIpc) is 2.62. The van der Waals surface area contributed by atoms with E-state index < -0.39 is 23.2 Å². The zero-order chi connectivity index (χ0) is 19.6. The number of hydrogen-bond acceptors (Lipinski definition) is 5. The number of aromatic hydroxyl groups is 1. The second-order valence-electron chi connectivity index (χ2n) is 5.47. The molecule has 0 spiro atoms. The van der Waals surface area contributed by atoms with Crippen LogP contribution in [0.25, 0.3) is 11.4 Å². The Labute approximate surface area is 157 Å². The van der Waals surface area contributed by atoms with E-state index in [-0.39, 0.29) is 22.6 Å². The summed E-state index contributed by atoms with van der Waals surface area (Å²) in [5.74, 6) is -2.29. The zero-order valence-corrected chi connectivity index (χ0v) is 14.3. The topological polar surface area (TPSA) is 132 Å². The molecule has 9 heteroatoms. The van der Waals surface area contributed by atoms with Crippen molar-refractivity contribution in [2.75, 3.05) is 5.32 Å². The smallest absolute Gasteiger partial charge is 0.339 e. The van der Waals surface area contributed by atoms with Crippen LogP contribution in [-0.4, -0.2) is 32.1 Å². The number of aromatic amines is 1. The molecule has 0 unspecified atom stereocenters. The maximum absolute atomic E-state index is 12.3. The van der Waals surface area contributed by atoms with Gasteiger partial charge in [-0.1, -0.05) is 11.6 Å². The Morgan fingerprint density at radius 3 is 2.37 bits per heavy atom. The van der Waals surface area contributed by atoms with Crippen molar-refractivity contribution in [2.24, 2.45) is 0 Å². The molecule has 1 heterocycles. The lowest BCUT2D eigenvalue weighted by Crippen LogP contribution is -2.24. The van der Waals surface area contributed by atoms with E-state index in [0.29, 0.717) is 10.6 Å². The van der Waals surface area contributed by atoms with E-state index in [1.165, 1.54) is 6.07 Å². The Hall–Kier alpha value is -3.65. The van der Waals surface area contributed by atoms with Crippen LogP contribution in [-0.2, 0) is 0 Å². The lowest BCUT2D eigenvalue weighted by atomic mass is 10.1. The minimum atomic E-state index is -1.30. The minimum absolute atomic E-state index is 0.128. The Morgan fingerprint density at radius 2 is 1.78 bits per heavy atom. The maximum Gasteiger partial charge on any atom is 0.339 e. The van der Waals surface area contributed by atoms with Crippen LogP contribution < -0.4 is 10.9 Å². The first kappa shape index (κ1) is 18.2. The van der Waals surface area contributed by atoms with Crippen molar-refractivity contribution in [2.45, 2.75) is 0 Å². The van der Waals surface area contributed by atoms with Crippen molar-refractivity contribution >= 4 is 29.2 Å². The first-order valence-corrected chi connectivity index (χ1v) is 7.96. The molecule has 136 valence electrons. The zero-order valence-electron chi connectivity index (χ0n) is 13.6. The highest BCUT2D eigenvalue weighted by Gasteiger charge is 2.15. The van der Waals surface area contributed by atoms with Gasteiger partial charge in [0.05, 0.1) is 0 Å². The molecule has 1 amide bonds. The summed E-state index contributed by atoms with van der Waals surface area (Å²) in [4.78, 5) is 42.0. The monoisotopic (exact) mass is 385 g/mol. The molecule has 8 nitrogen and oxygen atoms in total. The SMILES string of the molecule is O=C(O)c1ccc(NC(=O)c2cnc(-c3ccc(Cl)cc3)[nH]c2=O)cc1O. The molecule has 3 aromatic rings. The number of halogens is 1. The van der Waals surface area contributed by atoms with Gasteiger partial charge in [0.2, 0.25) is 0 Å². The summed E-state index contributed by atoms with van der Waals surface area (Å²) in [6.45, 7) is 0. The van der Waals surface area contributed by atoms with Gasteiger partial charge in [-0.15, -0.1) is 0 Å². The van der Waals surface area contributed by atoms with Gasteiger partial charge in [0.25, 0.3) is 11.5 Å². The number of carbonyl (C=O) groups excluding carboxylic acids is 1. The fourth-order valence-corrected chi connectivity index (χ4v) is 2.43. The molecule has 27 heavy (non-hydrogen) atoms. The van der Waals surface area contributed by atoms with Crippen LogP contribution in [0.1, 0.15) is 20.7 Å². The third-order valence-corrected chi connectivity index (χ3v) is 3.90. The number of carboxylic acids is 1. The molecular formula is C18H12ClN3O5. The highest BCUT2D eigenvalue weighted by atomic mass is 35.5. The summed E-state index contributed by atoms with van der Waals surface area (Å²) in [6, 6.07) is 10.1. The summed E-state index contributed by atoms with van der Waals surface area (Å²) in [7, 11) is 0. The number of hydrogen-bond donors (Lipinski definition) is 4. The quantitative estimate of drug-likeness (QED) is 0.546. The summed E-state index contributed by atoms with van der Waals surface area (Å²) >= 11 is 5.82. The molecular weight excluding hydrogens is 374 g/mol. The number of amides is 1. The molecule has 0 aliphatic rings. The molecule has 0 bridgehead atoms. The Balaban J connectivity index is 1.83. The molecule has 3 rings (SSSR count). The van der Waals surface area contributed by atoms with Crippen molar-refractivity contribution in [1.29, 1.82) is 0 Å². The summed E-state index contributed by atoms with van der Waals surface area (Å²) in [5, 5.41) is 21.5. The summed E-state index contributed by atoms with van der Waals surface area (Å²) < 4.78 is 0. The lowest BCUT2D eigenvalue weighted by Gasteiger charge is -2.07. The van der Waals surface area contributed by atoms with Gasteiger partial charge >= 0.3 is 5.97 Å². The van der Waals surface area contributed by atoms with Crippen LogP contribution in [0, 0.1) is 0 Å². The van der Waals surface area contributed by atoms with Crippen molar-refractivity contribution < 1.29 is 19.8 Å². The molecule has 0 aliphatic heterocycles. The molecule has 2 aromatic carbocycles. The van der Waals surface area contributed by atoms with Crippen molar-refractivity contribution in [3.05, 3.63) is 75.2 Å². The van der Waals surface area contributed by atoms with E-state index >= 15 is 0 Å². The molecule has 0 aliphatic carbocycles. The first-order chi connectivity index (χ1) is 12.8. The molecule has 0 saturated carbocycles. The second-order valence-corrected chi connectivity index (χ2v) is 5.91. The van der Waals surface area contributed by atoms with Crippen molar-refractivity contribution in [1.82, 2.24) is 9.97 Å². The number of rotatable bonds is 4. The number of carboxylic acid groups (broad SMARTS) is 1. The third-order valence-electron chi connectivity index (χ3n) is 3.65. The van der Waals surface area contributed by atoms with E-state index in [9.17, 15) is 19.5 Å². The second kappa shape index (κ2) is 7.30. The number of aromatic nitrogens is 2. The maximum atomic E-state index is 12.3. The number of benzene rings is 2. The molecule has 0 atom stereocenters. The molecule has 1 aromatic heterocycles. The highest BCUT2D eigenvalue weighted by Crippen LogP contribution is 2.22. The fourth-order valence-electron chi connectivity index (χ4n) is 2.30. The molecule has 4 N–H and O–H groups in total. The van der Waals surface area contributed by atoms with Crippen molar-refractivity contribution in [3.63, 3.8) is 0 Å². The Bertz CT molecular complexity index is 1090. The molecule has 0 saturated heterocycles. The third kappa shape index (κ3) is 3.96. The van der Waals surface area contributed by atoms with Gasteiger partial charge in [-0.3, -0.25) is 9.59 Å². The number of H-pyrrole nitrogens is 1. The minimum Gasteiger partial charge on any atom is -0.507 e. The molecule has 0 radical (unpaired) electrons. The van der Waals surface area contributed by atoms with E-state index in [4.69, 9.17) is 16.7 Å². The van der Waals surface area contributed by atoms with Gasteiger partial charge in [-0.2, -0.15) is 0 Å². The van der Waals surface area contributed by atoms with E-state index in [2.05, 4.69) is 15.3 Å². The predicted octanol–water partition coefficient (Wildman–Crippen LogP) is 2.75. The van der Waals surface area contributed by atoms with E-state index in [0.717, 1.165) is 18.3 Å². The number of phenols is 1. The Morgan fingerprint density at radius 1 is 1.07 bits per heavy atom. The number of anilines is 1. The number of nitrogens with one attached hydrogen (secondary N) is 2. The predicted molar refractivity (Wildman–Crippen MR) is 98.3 cm³/mol. The highest BCUT2D eigenvalue weighted by molar-refractivity contribution is 6.30. The number of aromatic carboxylic acids is 1. The largest absolute Gasteiger partial charge is 0.507 e. The number of carbonyl (C=O) groups is 2. The first-order valence-electron chi connectivity index (χ1n) is 7.58. The lowest BCUT2D eigenvalue weighted by molar-refractivity contribution is 0.0693. The van der Waals surface area contributed by atoms with Crippen LogP contribution >= 0.6 is 11.6 Å². The van der Waals surface area contributed by atoms with Gasteiger partial charge in [0, 0.05) is 28.5 Å². The standard InChI is InChI=1S/C18H12ClN3O5/c19-10-3-1-9(2-4-10)15-20-8-13(17(25)22-15)16(24)21-11-5-6-12(18(26)27)14(23)7-11/h1-8,23H,(H,21,24)(H,26,27)(H,20,22,25). The van der Waals surface area contributed by atoms with Crippen LogP contribution in [0.5, 0.6) is 5.75 Å². The van der Waals surface area contributed by atoms with Crippen LogP contribution in [0.15, 0.2) is 53.5 Å². The van der Waals surface area contributed by atoms with Gasteiger partial charge in [-0.05, 0) is 36.4 Å². The van der Waals surface area contributed by atoms with Gasteiger partial charge in [0.1, 0.15) is 22.7 Å². The van der Waals surface area contributed by atoms with E-state index in [1.807, 2.05) is 0 Å². The van der Waals surface area contributed by atoms with Crippen LogP contribution in [0.2, 0.25) is 5.02 Å². The van der Waals surface area contributed by atoms with Gasteiger partial charge in [-0.25, -0.2) is 9.78 Å². The average molecular weight is 386 g/mol. The number of nitrogens with zero attached hydrogens (tertiary/aromatic N) is 1. The normalized spacial score (nSPS) is 10.4. The summed E-state index contributed by atoms with van der Waals surface area (Å²) in [6.07, 6.45) is 1.13. The summed E-state index contributed by atoms with van der Waals surface area (Å²) in [5.41, 5.74) is -0.450. The van der Waals surface area contributed by atoms with Crippen LogP contribution in [0.4, 0.5) is 5.69 Å².